The number of rotatable bonds is 7. The molecule has 0 aliphatic heterocycles. The van der Waals surface area contributed by atoms with Crippen molar-refractivity contribution in [2.75, 3.05) is 5.75 Å². The molecule has 0 aliphatic carbocycles. The van der Waals surface area contributed by atoms with Crippen molar-refractivity contribution < 1.29 is 4.79 Å². The SMILES string of the molecule is Cc1cc(C(=O)CSc2nccn2C)c(C)n1CCC(C)C. The van der Waals surface area contributed by atoms with Crippen LogP contribution in [-0.4, -0.2) is 25.7 Å². The molecule has 0 unspecified atom stereocenters. The van der Waals surface area contributed by atoms with Crippen LogP contribution >= 0.6 is 11.8 Å². The molecule has 2 heterocycles. The van der Waals surface area contributed by atoms with Crippen LogP contribution in [0.3, 0.4) is 0 Å². The first-order valence-corrected chi connectivity index (χ1v) is 8.68. The van der Waals surface area contributed by atoms with E-state index in [4.69, 9.17) is 0 Å². The fraction of sp³-hybridized carbons (Fsp3) is 0.529. The second kappa shape index (κ2) is 7.18. The lowest BCUT2D eigenvalue weighted by molar-refractivity contribution is 0.102. The van der Waals surface area contributed by atoms with E-state index in [1.165, 1.54) is 17.5 Å². The number of carbonyl (C=O) groups excluding carboxylic acids is 1. The predicted octanol–water partition coefficient (Wildman–Crippen LogP) is 3.86. The molecule has 0 N–H and O–H groups in total. The van der Waals surface area contributed by atoms with Crippen molar-refractivity contribution in [2.45, 2.75) is 45.8 Å². The summed E-state index contributed by atoms with van der Waals surface area (Å²) in [4.78, 5) is 16.7. The summed E-state index contributed by atoms with van der Waals surface area (Å²) in [7, 11) is 1.94. The first-order chi connectivity index (χ1) is 10.4. The lowest BCUT2D eigenvalue weighted by atomic mass is 10.1. The summed E-state index contributed by atoms with van der Waals surface area (Å²) in [6.07, 6.45) is 4.78. The van der Waals surface area contributed by atoms with Gasteiger partial charge in [-0.2, -0.15) is 0 Å². The molecule has 120 valence electrons. The third kappa shape index (κ3) is 3.83. The van der Waals surface area contributed by atoms with Crippen molar-refractivity contribution in [1.82, 2.24) is 14.1 Å². The Labute approximate surface area is 136 Å². The van der Waals surface area contributed by atoms with Crippen LogP contribution in [0.15, 0.2) is 23.6 Å². The molecule has 0 aromatic carbocycles. The summed E-state index contributed by atoms with van der Waals surface area (Å²) in [5.74, 6) is 1.27. The second-order valence-corrected chi connectivity index (χ2v) is 7.09. The van der Waals surface area contributed by atoms with Crippen LogP contribution in [0.25, 0.3) is 0 Å². The van der Waals surface area contributed by atoms with Gasteiger partial charge in [0.2, 0.25) is 0 Å². The third-order valence-corrected chi connectivity index (χ3v) is 4.97. The molecular formula is C17H25N3OS. The highest BCUT2D eigenvalue weighted by atomic mass is 32.2. The van der Waals surface area contributed by atoms with E-state index >= 15 is 0 Å². The number of nitrogens with zero attached hydrogens (tertiary/aromatic N) is 3. The molecule has 5 heteroatoms. The molecule has 0 bridgehead atoms. The highest BCUT2D eigenvalue weighted by molar-refractivity contribution is 7.99. The van der Waals surface area contributed by atoms with Crippen molar-refractivity contribution in [3.8, 4) is 0 Å². The quantitative estimate of drug-likeness (QED) is 0.575. The van der Waals surface area contributed by atoms with Gasteiger partial charge < -0.3 is 9.13 Å². The van der Waals surface area contributed by atoms with Crippen molar-refractivity contribution in [3.05, 3.63) is 35.4 Å². The molecule has 2 aromatic rings. The van der Waals surface area contributed by atoms with E-state index in [9.17, 15) is 4.79 Å². The molecular weight excluding hydrogens is 294 g/mol. The highest BCUT2D eigenvalue weighted by Crippen LogP contribution is 2.21. The largest absolute Gasteiger partial charge is 0.348 e. The summed E-state index contributed by atoms with van der Waals surface area (Å²) < 4.78 is 4.20. The number of hydrogen-bond donors (Lipinski definition) is 0. The maximum atomic E-state index is 12.5. The van der Waals surface area contributed by atoms with Gasteiger partial charge in [0, 0.05) is 42.9 Å². The molecule has 0 aliphatic rings. The van der Waals surface area contributed by atoms with Gasteiger partial charge in [0.05, 0.1) is 5.75 Å². The number of aryl methyl sites for hydroxylation is 2. The lowest BCUT2D eigenvalue weighted by Crippen LogP contribution is -2.08. The van der Waals surface area contributed by atoms with E-state index in [0.29, 0.717) is 11.7 Å². The van der Waals surface area contributed by atoms with E-state index in [1.54, 1.807) is 6.20 Å². The van der Waals surface area contributed by atoms with Crippen LogP contribution in [0, 0.1) is 19.8 Å². The molecule has 0 atom stereocenters. The maximum Gasteiger partial charge on any atom is 0.175 e. The second-order valence-electron chi connectivity index (χ2n) is 6.15. The maximum absolute atomic E-state index is 12.5. The third-order valence-electron chi connectivity index (χ3n) is 3.91. The van der Waals surface area contributed by atoms with E-state index in [2.05, 4.69) is 30.3 Å². The zero-order valence-electron chi connectivity index (χ0n) is 14.1. The van der Waals surface area contributed by atoms with Crippen molar-refractivity contribution in [1.29, 1.82) is 0 Å². The normalized spacial score (nSPS) is 11.4. The van der Waals surface area contributed by atoms with Crippen LogP contribution in [0.4, 0.5) is 0 Å². The van der Waals surface area contributed by atoms with E-state index in [-0.39, 0.29) is 5.78 Å². The average molecular weight is 319 g/mol. The minimum absolute atomic E-state index is 0.178. The smallest absolute Gasteiger partial charge is 0.175 e. The van der Waals surface area contributed by atoms with Crippen molar-refractivity contribution in [3.63, 3.8) is 0 Å². The minimum atomic E-state index is 0.178. The lowest BCUT2D eigenvalue weighted by Gasteiger charge is -2.11. The van der Waals surface area contributed by atoms with E-state index in [1.807, 2.05) is 30.8 Å². The number of carbonyl (C=O) groups is 1. The van der Waals surface area contributed by atoms with E-state index < -0.39 is 0 Å². The standard InChI is InChI=1S/C17H25N3OS/c1-12(2)6-8-20-13(3)10-15(14(20)4)16(21)11-22-17-18-7-9-19(17)5/h7,9-10,12H,6,8,11H2,1-5H3. The zero-order valence-corrected chi connectivity index (χ0v) is 14.9. The Morgan fingerprint density at radius 1 is 1.36 bits per heavy atom. The minimum Gasteiger partial charge on any atom is -0.348 e. The number of Topliss-reactive ketones (excluding diaryl/α,β-unsaturated/α-hetero) is 1. The summed E-state index contributed by atoms with van der Waals surface area (Å²) in [5.41, 5.74) is 3.11. The van der Waals surface area contributed by atoms with Gasteiger partial charge in [0.25, 0.3) is 0 Å². The summed E-state index contributed by atoms with van der Waals surface area (Å²) >= 11 is 1.49. The number of imidazole rings is 1. The molecule has 0 saturated heterocycles. The van der Waals surface area contributed by atoms with Crippen LogP contribution < -0.4 is 0 Å². The number of ketones is 1. The monoisotopic (exact) mass is 319 g/mol. The van der Waals surface area contributed by atoms with Crippen LogP contribution in [-0.2, 0) is 13.6 Å². The summed E-state index contributed by atoms with van der Waals surface area (Å²) in [6.45, 7) is 9.56. The Balaban J connectivity index is 2.06. The van der Waals surface area contributed by atoms with Gasteiger partial charge in [-0.05, 0) is 32.3 Å². The molecule has 22 heavy (non-hydrogen) atoms. The first kappa shape index (κ1) is 16.9. The predicted molar refractivity (Wildman–Crippen MR) is 91.6 cm³/mol. The van der Waals surface area contributed by atoms with Gasteiger partial charge in [-0.15, -0.1) is 0 Å². The molecule has 0 saturated carbocycles. The summed E-state index contributed by atoms with van der Waals surface area (Å²) in [6, 6.07) is 2.02. The summed E-state index contributed by atoms with van der Waals surface area (Å²) in [5, 5.41) is 0.877. The molecule has 2 rings (SSSR count). The number of aromatic nitrogens is 3. The van der Waals surface area contributed by atoms with Crippen molar-refractivity contribution in [2.24, 2.45) is 13.0 Å². The first-order valence-electron chi connectivity index (χ1n) is 7.70. The van der Waals surface area contributed by atoms with Gasteiger partial charge in [-0.3, -0.25) is 4.79 Å². The Kier molecular flexibility index (Phi) is 5.51. The Morgan fingerprint density at radius 2 is 2.09 bits per heavy atom. The fourth-order valence-corrected chi connectivity index (χ4v) is 3.33. The van der Waals surface area contributed by atoms with Gasteiger partial charge in [-0.1, -0.05) is 25.6 Å². The molecule has 4 nitrogen and oxygen atoms in total. The Morgan fingerprint density at radius 3 is 2.68 bits per heavy atom. The Bertz CT molecular complexity index is 655. The molecule has 0 amide bonds. The van der Waals surface area contributed by atoms with Crippen molar-refractivity contribution >= 4 is 17.5 Å². The fourth-order valence-electron chi connectivity index (χ4n) is 2.51. The highest BCUT2D eigenvalue weighted by Gasteiger charge is 2.16. The van der Waals surface area contributed by atoms with Gasteiger partial charge in [0.1, 0.15) is 0 Å². The van der Waals surface area contributed by atoms with Gasteiger partial charge >= 0.3 is 0 Å². The van der Waals surface area contributed by atoms with Crippen LogP contribution in [0.5, 0.6) is 0 Å². The topological polar surface area (TPSA) is 39.8 Å². The van der Waals surface area contributed by atoms with Crippen LogP contribution in [0.1, 0.15) is 42.0 Å². The molecule has 0 radical (unpaired) electrons. The zero-order chi connectivity index (χ0) is 16.3. The average Bonchev–Trinajstić information content (AvgIpc) is 2.98. The van der Waals surface area contributed by atoms with E-state index in [0.717, 1.165) is 29.4 Å². The number of hydrogen-bond acceptors (Lipinski definition) is 3. The van der Waals surface area contributed by atoms with Crippen LogP contribution in [0.2, 0.25) is 0 Å². The molecule has 2 aromatic heterocycles. The number of thioether (sulfide) groups is 1. The Hall–Kier alpha value is -1.49. The van der Waals surface area contributed by atoms with Gasteiger partial charge in [-0.25, -0.2) is 4.98 Å². The molecule has 0 fully saturated rings. The van der Waals surface area contributed by atoms with Gasteiger partial charge in [0.15, 0.2) is 10.9 Å². The molecule has 0 spiro atoms.